The fourth-order valence-electron chi connectivity index (χ4n) is 2.63. The van der Waals surface area contributed by atoms with E-state index in [1.807, 2.05) is 27.7 Å². The van der Waals surface area contributed by atoms with Gasteiger partial charge in [0.05, 0.1) is 32.6 Å². The first kappa shape index (κ1) is 22.9. The van der Waals surface area contributed by atoms with Crippen molar-refractivity contribution in [3.63, 3.8) is 0 Å². The van der Waals surface area contributed by atoms with Gasteiger partial charge in [0.25, 0.3) is 5.91 Å². The number of phenols is 1. The summed E-state index contributed by atoms with van der Waals surface area (Å²) in [6.45, 7) is 9.15. The number of ether oxygens (including phenoxy) is 4. The maximum atomic E-state index is 12.6. The van der Waals surface area contributed by atoms with Gasteiger partial charge >= 0.3 is 0 Å². The highest BCUT2D eigenvalue weighted by Gasteiger charge is 2.18. The summed E-state index contributed by atoms with van der Waals surface area (Å²) in [6, 6.07) is 8.00. The van der Waals surface area contributed by atoms with Crippen LogP contribution in [0.15, 0.2) is 35.4 Å². The van der Waals surface area contributed by atoms with Crippen LogP contribution in [0, 0.1) is 0 Å². The normalized spacial score (nSPS) is 10.7. The van der Waals surface area contributed by atoms with Gasteiger partial charge < -0.3 is 24.1 Å². The molecule has 0 aliphatic carbocycles. The topological polar surface area (TPSA) is 98.6 Å². The average Bonchev–Trinajstić information content (AvgIpc) is 2.72. The molecule has 2 aromatic carbocycles. The first-order valence-corrected chi connectivity index (χ1v) is 9.89. The van der Waals surface area contributed by atoms with Crippen molar-refractivity contribution in [3.05, 3.63) is 41.5 Å². The van der Waals surface area contributed by atoms with Gasteiger partial charge in [0, 0.05) is 17.2 Å². The van der Waals surface area contributed by atoms with Crippen LogP contribution in [-0.4, -0.2) is 43.7 Å². The van der Waals surface area contributed by atoms with Gasteiger partial charge in [-0.3, -0.25) is 4.79 Å². The molecule has 0 heterocycles. The number of hydrazone groups is 1. The van der Waals surface area contributed by atoms with Gasteiger partial charge in [-0.15, -0.1) is 0 Å². The summed E-state index contributed by atoms with van der Waals surface area (Å²) < 4.78 is 22.2. The fourth-order valence-corrected chi connectivity index (χ4v) is 2.63. The predicted molar refractivity (Wildman–Crippen MR) is 114 cm³/mol. The standard InChI is InChI=1S/C22H28N2O6/c1-5-27-17-10-9-15(18(25)13-17)14-23-24-22(26)16-11-19(28-6-2)21(30-8-4)20(12-16)29-7-3/h9-14,25H,5-8H2,1-4H3,(H,24,26). The third kappa shape index (κ3) is 6.04. The summed E-state index contributed by atoms with van der Waals surface area (Å²) in [4.78, 5) is 12.6. The van der Waals surface area contributed by atoms with Crippen molar-refractivity contribution in [2.24, 2.45) is 5.10 Å². The first-order valence-electron chi connectivity index (χ1n) is 9.89. The summed E-state index contributed by atoms with van der Waals surface area (Å²) in [7, 11) is 0. The molecule has 0 aromatic heterocycles. The lowest BCUT2D eigenvalue weighted by molar-refractivity contribution is 0.0954. The van der Waals surface area contributed by atoms with Gasteiger partial charge in [0.15, 0.2) is 11.5 Å². The number of carbonyl (C=O) groups excluding carboxylic acids is 1. The highest BCUT2D eigenvalue weighted by molar-refractivity contribution is 5.96. The summed E-state index contributed by atoms with van der Waals surface area (Å²) >= 11 is 0. The van der Waals surface area contributed by atoms with Crippen molar-refractivity contribution in [3.8, 4) is 28.7 Å². The lowest BCUT2D eigenvalue weighted by Gasteiger charge is -2.16. The van der Waals surface area contributed by atoms with Crippen LogP contribution < -0.4 is 24.4 Å². The third-order valence-electron chi connectivity index (χ3n) is 3.85. The number of carbonyl (C=O) groups is 1. The largest absolute Gasteiger partial charge is 0.507 e. The maximum absolute atomic E-state index is 12.6. The van der Waals surface area contributed by atoms with E-state index in [0.29, 0.717) is 60.6 Å². The molecule has 0 aliphatic rings. The average molecular weight is 416 g/mol. The molecule has 0 saturated heterocycles. The van der Waals surface area contributed by atoms with E-state index in [-0.39, 0.29) is 5.75 Å². The molecule has 1 amide bonds. The van der Waals surface area contributed by atoms with Gasteiger partial charge in [-0.1, -0.05) is 0 Å². The SMILES string of the molecule is CCOc1ccc(C=NNC(=O)c2cc(OCC)c(OCC)c(OCC)c2)c(O)c1. The molecule has 0 saturated carbocycles. The van der Waals surface area contributed by atoms with E-state index in [1.165, 1.54) is 12.3 Å². The zero-order valence-electron chi connectivity index (χ0n) is 17.7. The number of hydrogen-bond donors (Lipinski definition) is 2. The Balaban J connectivity index is 2.20. The van der Waals surface area contributed by atoms with Crippen LogP contribution in [0.1, 0.15) is 43.6 Å². The van der Waals surface area contributed by atoms with Crippen LogP contribution in [0.5, 0.6) is 28.7 Å². The molecule has 2 N–H and O–H groups in total. The molecule has 30 heavy (non-hydrogen) atoms. The molecule has 162 valence electrons. The van der Waals surface area contributed by atoms with Crippen molar-refractivity contribution in [2.45, 2.75) is 27.7 Å². The molecule has 0 aliphatic heterocycles. The summed E-state index contributed by atoms with van der Waals surface area (Å²) in [5, 5.41) is 14.0. The minimum Gasteiger partial charge on any atom is -0.507 e. The van der Waals surface area contributed by atoms with E-state index in [1.54, 1.807) is 24.3 Å². The molecule has 2 aromatic rings. The number of phenolic OH excluding ortho intramolecular Hbond substituents is 1. The fraction of sp³-hybridized carbons (Fsp3) is 0.364. The first-order chi connectivity index (χ1) is 14.5. The molecule has 2 rings (SSSR count). The van der Waals surface area contributed by atoms with E-state index in [9.17, 15) is 9.90 Å². The molecule has 0 radical (unpaired) electrons. The van der Waals surface area contributed by atoms with Crippen molar-refractivity contribution >= 4 is 12.1 Å². The van der Waals surface area contributed by atoms with E-state index in [4.69, 9.17) is 18.9 Å². The molecule has 0 fully saturated rings. The number of benzene rings is 2. The molecule has 0 bridgehead atoms. The zero-order valence-corrected chi connectivity index (χ0v) is 17.7. The van der Waals surface area contributed by atoms with E-state index >= 15 is 0 Å². The van der Waals surface area contributed by atoms with Gasteiger partial charge in [-0.25, -0.2) is 5.43 Å². The summed E-state index contributed by atoms with van der Waals surface area (Å²) in [5.74, 6) is 1.39. The van der Waals surface area contributed by atoms with Crippen molar-refractivity contribution in [1.29, 1.82) is 0 Å². The van der Waals surface area contributed by atoms with E-state index in [2.05, 4.69) is 10.5 Å². The Morgan fingerprint density at radius 2 is 1.53 bits per heavy atom. The van der Waals surface area contributed by atoms with Crippen molar-refractivity contribution in [2.75, 3.05) is 26.4 Å². The predicted octanol–water partition coefficient (Wildman–Crippen LogP) is 3.75. The van der Waals surface area contributed by atoms with E-state index < -0.39 is 5.91 Å². The second-order valence-corrected chi connectivity index (χ2v) is 5.95. The molecule has 0 atom stereocenters. The van der Waals surface area contributed by atoms with Crippen LogP contribution >= 0.6 is 0 Å². The number of nitrogens with zero attached hydrogens (tertiary/aromatic N) is 1. The second kappa shape index (κ2) is 11.5. The van der Waals surface area contributed by atoms with Gasteiger partial charge in [-0.2, -0.15) is 5.10 Å². The van der Waals surface area contributed by atoms with Crippen molar-refractivity contribution < 1.29 is 28.8 Å². The minimum absolute atomic E-state index is 0.00252. The number of hydrogen-bond acceptors (Lipinski definition) is 7. The Kier molecular flexibility index (Phi) is 8.80. The van der Waals surface area contributed by atoms with Gasteiger partial charge in [0.2, 0.25) is 5.75 Å². The van der Waals surface area contributed by atoms with Crippen molar-refractivity contribution in [1.82, 2.24) is 5.43 Å². The van der Waals surface area contributed by atoms with E-state index in [0.717, 1.165) is 0 Å². The molecular weight excluding hydrogens is 388 g/mol. The number of aromatic hydroxyl groups is 1. The maximum Gasteiger partial charge on any atom is 0.271 e. The monoisotopic (exact) mass is 416 g/mol. The van der Waals surface area contributed by atoms with Crippen LogP contribution in [0.2, 0.25) is 0 Å². The number of nitrogens with one attached hydrogen (secondary N) is 1. The highest BCUT2D eigenvalue weighted by Crippen LogP contribution is 2.39. The van der Waals surface area contributed by atoms with Crippen LogP contribution in [-0.2, 0) is 0 Å². The molecule has 0 unspecified atom stereocenters. The lowest BCUT2D eigenvalue weighted by atomic mass is 10.1. The van der Waals surface area contributed by atoms with Gasteiger partial charge in [0.1, 0.15) is 11.5 Å². The lowest BCUT2D eigenvalue weighted by Crippen LogP contribution is -2.18. The zero-order chi connectivity index (χ0) is 21.9. The van der Waals surface area contributed by atoms with Crippen LogP contribution in [0.3, 0.4) is 0 Å². The third-order valence-corrected chi connectivity index (χ3v) is 3.85. The van der Waals surface area contributed by atoms with Gasteiger partial charge in [-0.05, 0) is 52.0 Å². The molecule has 0 spiro atoms. The summed E-state index contributed by atoms with van der Waals surface area (Å²) in [6.07, 6.45) is 1.35. The Labute approximate surface area is 176 Å². The number of rotatable bonds is 11. The molecular formula is C22H28N2O6. The highest BCUT2D eigenvalue weighted by atomic mass is 16.5. The van der Waals surface area contributed by atoms with Crippen LogP contribution in [0.4, 0.5) is 0 Å². The Morgan fingerprint density at radius 1 is 0.933 bits per heavy atom. The molecule has 8 heteroatoms. The smallest absolute Gasteiger partial charge is 0.271 e. The summed E-state index contributed by atoms with van der Waals surface area (Å²) in [5.41, 5.74) is 3.19. The Bertz CT molecular complexity index is 855. The minimum atomic E-state index is -0.457. The second-order valence-electron chi connectivity index (χ2n) is 5.95. The Hall–Kier alpha value is -3.42. The Morgan fingerprint density at radius 3 is 2.07 bits per heavy atom. The van der Waals surface area contributed by atoms with Crippen LogP contribution in [0.25, 0.3) is 0 Å². The number of amides is 1. The molecule has 8 nitrogen and oxygen atoms in total. The quantitative estimate of drug-likeness (QED) is 0.428.